The summed E-state index contributed by atoms with van der Waals surface area (Å²) in [7, 11) is -2.57. The first kappa shape index (κ1) is 19.0. The van der Waals surface area contributed by atoms with E-state index in [1.165, 1.54) is 10.4 Å². The number of nitrogens with zero attached hydrogens (tertiary/aromatic N) is 2. The van der Waals surface area contributed by atoms with Gasteiger partial charge in [-0.3, -0.25) is 0 Å². The Balaban J connectivity index is 1.79. The molecule has 4 nitrogen and oxygen atoms in total. The Labute approximate surface area is 168 Å². The molecule has 28 heavy (non-hydrogen) atoms. The molecule has 1 aliphatic rings. The average molecular weight is 393 g/mol. The van der Waals surface area contributed by atoms with Crippen molar-refractivity contribution in [2.24, 2.45) is 0 Å². The maximum Gasteiger partial charge on any atom is 0.261 e. The van der Waals surface area contributed by atoms with Crippen molar-refractivity contribution in [3.8, 4) is 5.88 Å². The molecule has 0 fully saturated rings. The van der Waals surface area contributed by atoms with Crippen LogP contribution in [0.4, 0.5) is 0 Å². The second kappa shape index (κ2) is 7.22. The molecule has 2 aromatic carbocycles. The Morgan fingerprint density at radius 1 is 1.00 bits per heavy atom. The van der Waals surface area contributed by atoms with E-state index in [4.69, 9.17) is 9.16 Å². The molecule has 0 bridgehead atoms. The summed E-state index contributed by atoms with van der Waals surface area (Å²) in [4.78, 5) is 0. The van der Waals surface area contributed by atoms with Gasteiger partial charge in [0.15, 0.2) is 0 Å². The third-order valence-electron chi connectivity index (χ3n) is 5.42. The first-order valence-corrected chi connectivity index (χ1v) is 11.8. The lowest BCUT2D eigenvalue weighted by Gasteiger charge is -2.45. The molecule has 3 aromatic rings. The smallest absolute Gasteiger partial charge is 0.261 e. The van der Waals surface area contributed by atoms with Crippen LogP contribution >= 0.6 is 0 Å². The van der Waals surface area contributed by atoms with Crippen LogP contribution in [0.25, 0.3) is 0 Å². The Kier molecular flexibility index (Phi) is 4.89. The molecule has 2 heterocycles. The van der Waals surface area contributed by atoms with Crippen molar-refractivity contribution in [3.63, 3.8) is 0 Å². The van der Waals surface area contributed by atoms with Gasteiger partial charge in [-0.15, -0.1) is 0 Å². The summed E-state index contributed by atoms with van der Waals surface area (Å²) in [5, 5.41) is 7.10. The van der Waals surface area contributed by atoms with Crippen LogP contribution in [-0.4, -0.2) is 30.8 Å². The van der Waals surface area contributed by atoms with Crippen LogP contribution in [0.15, 0.2) is 66.7 Å². The van der Waals surface area contributed by atoms with E-state index in [9.17, 15) is 0 Å². The topological polar surface area (TPSA) is 36.3 Å². The fourth-order valence-corrected chi connectivity index (χ4v) is 8.86. The van der Waals surface area contributed by atoms with Gasteiger partial charge in [0.2, 0.25) is 5.88 Å². The maximum absolute atomic E-state index is 7.13. The molecule has 0 aliphatic carbocycles. The van der Waals surface area contributed by atoms with Crippen molar-refractivity contribution in [1.29, 1.82) is 0 Å². The van der Waals surface area contributed by atoms with Crippen LogP contribution in [0, 0.1) is 6.92 Å². The summed E-state index contributed by atoms with van der Waals surface area (Å²) in [5.74, 6) is 0.833. The minimum atomic E-state index is -2.57. The fourth-order valence-electron chi connectivity index (χ4n) is 4.21. The third kappa shape index (κ3) is 3.29. The van der Waals surface area contributed by atoms with Crippen LogP contribution < -0.4 is 15.1 Å². The molecular formula is C23H28N2O2Si. The predicted octanol–water partition coefficient (Wildman–Crippen LogP) is 3.53. The molecular weight excluding hydrogens is 364 g/mol. The zero-order chi connectivity index (χ0) is 19.8. The molecule has 0 amide bonds. The zero-order valence-electron chi connectivity index (χ0n) is 17.1. The number of rotatable bonds is 4. The van der Waals surface area contributed by atoms with E-state index < -0.39 is 8.32 Å². The maximum atomic E-state index is 7.13. The van der Waals surface area contributed by atoms with Crippen LogP contribution in [0.5, 0.6) is 5.88 Å². The Morgan fingerprint density at radius 2 is 1.57 bits per heavy atom. The van der Waals surface area contributed by atoms with Gasteiger partial charge in [0.1, 0.15) is 6.61 Å². The number of ether oxygens (including phenoxy) is 1. The van der Waals surface area contributed by atoms with E-state index in [0.717, 1.165) is 11.6 Å². The van der Waals surface area contributed by atoms with Crippen LogP contribution in [0.3, 0.4) is 0 Å². The van der Waals surface area contributed by atoms with Gasteiger partial charge >= 0.3 is 0 Å². The van der Waals surface area contributed by atoms with Gasteiger partial charge < -0.3 is 9.16 Å². The standard InChI is InChI=1S/C23H28N2O2Si/c1-18-15-22-25(24-18)16-19(17-26-22)27-28(23(2,3)4,20-11-7-5-8-12-20)21-13-9-6-10-14-21/h5-15,19H,16-17H2,1-4H3/t19-/m0/s1. The highest BCUT2D eigenvalue weighted by molar-refractivity contribution is 6.99. The minimum Gasteiger partial charge on any atom is -0.475 e. The molecule has 0 spiro atoms. The van der Waals surface area contributed by atoms with Gasteiger partial charge in [-0.05, 0) is 22.3 Å². The van der Waals surface area contributed by atoms with Crippen molar-refractivity contribution in [2.45, 2.75) is 45.4 Å². The lowest BCUT2D eigenvalue weighted by Crippen LogP contribution is -2.68. The number of aromatic nitrogens is 2. The molecule has 1 aromatic heterocycles. The number of fused-ring (bicyclic) bond motifs is 1. The molecule has 146 valence electrons. The van der Waals surface area contributed by atoms with E-state index in [0.29, 0.717) is 13.2 Å². The van der Waals surface area contributed by atoms with E-state index in [-0.39, 0.29) is 11.1 Å². The quantitative estimate of drug-likeness (QED) is 0.638. The van der Waals surface area contributed by atoms with Gasteiger partial charge in [-0.1, -0.05) is 81.4 Å². The molecule has 0 saturated heterocycles. The van der Waals surface area contributed by atoms with E-state index >= 15 is 0 Å². The van der Waals surface area contributed by atoms with Gasteiger partial charge in [0.25, 0.3) is 8.32 Å². The summed E-state index contributed by atoms with van der Waals surface area (Å²) in [6.45, 7) is 10.2. The van der Waals surface area contributed by atoms with Crippen molar-refractivity contribution in [1.82, 2.24) is 9.78 Å². The zero-order valence-corrected chi connectivity index (χ0v) is 18.1. The molecule has 0 unspecified atom stereocenters. The minimum absolute atomic E-state index is 0.0434. The van der Waals surface area contributed by atoms with Crippen molar-refractivity contribution < 1.29 is 9.16 Å². The van der Waals surface area contributed by atoms with E-state index in [2.05, 4.69) is 86.5 Å². The molecule has 5 heteroatoms. The first-order valence-electron chi connectivity index (χ1n) is 9.86. The molecule has 1 atom stereocenters. The summed E-state index contributed by atoms with van der Waals surface area (Å²) in [6.07, 6.45) is -0.0434. The normalized spacial score (nSPS) is 17.1. The largest absolute Gasteiger partial charge is 0.475 e. The molecule has 0 radical (unpaired) electrons. The SMILES string of the molecule is Cc1cc2n(n1)C[C@H](O[Si](c1ccccc1)(c1ccccc1)C(C)(C)C)CO2. The summed E-state index contributed by atoms with van der Waals surface area (Å²) in [6, 6.07) is 23.5. The Morgan fingerprint density at radius 3 is 2.11 bits per heavy atom. The average Bonchev–Trinajstić information content (AvgIpc) is 3.06. The van der Waals surface area contributed by atoms with Crippen molar-refractivity contribution in [3.05, 3.63) is 72.4 Å². The Bertz CT molecular complexity index is 893. The first-order chi connectivity index (χ1) is 13.4. The predicted molar refractivity (Wildman–Crippen MR) is 115 cm³/mol. The highest BCUT2D eigenvalue weighted by Gasteiger charge is 2.51. The van der Waals surface area contributed by atoms with Gasteiger partial charge in [-0.25, -0.2) is 4.68 Å². The van der Waals surface area contributed by atoms with Gasteiger partial charge in [0.05, 0.1) is 18.3 Å². The highest BCUT2D eigenvalue weighted by atomic mass is 28.4. The third-order valence-corrected chi connectivity index (χ3v) is 10.5. The molecule has 4 rings (SSSR count). The number of benzene rings is 2. The van der Waals surface area contributed by atoms with Crippen molar-refractivity contribution >= 4 is 18.7 Å². The second-order valence-electron chi connectivity index (χ2n) is 8.52. The fraction of sp³-hybridized carbons (Fsp3) is 0.348. The van der Waals surface area contributed by atoms with Crippen molar-refractivity contribution in [2.75, 3.05) is 6.61 Å². The van der Waals surface area contributed by atoms with Crippen LogP contribution in [0.2, 0.25) is 5.04 Å². The number of hydrogen-bond acceptors (Lipinski definition) is 3. The number of hydrogen-bond donors (Lipinski definition) is 0. The Hall–Kier alpha value is -2.37. The summed E-state index contributed by atoms with van der Waals surface area (Å²) >= 11 is 0. The lowest BCUT2D eigenvalue weighted by atomic mass is 10.2. The number of aryl methyl sites for hydroxylation is 1. The molecule has 0 saturated carbocycles. The second-order valence-corrected chi connectivity index (χ2v) is 12.8. The summed E-state index contributed by atoms with van der Waals surface area (Å²) in [5.41, 5.74) is 0.973. The van der Waals surface area contributed by atoms with E-state index in [1.807, 2.05) is 17.7 Å². The molecule has 0 N–H and O–H groups in total. The molecule has 1 aliphatic heterocycles. The summed E-state index contributed by atoms with van der Waals surface area (Å²) < 4.78 is 15.1. The van der Waals surface area contributed by atoms with Crippen LogP contribution in [0.1, 0.15) is 26.5 Å². The van der Waals surface area contributed by atoms with Gasteiger partial charge in [-0.2, -0.15) is 5.10 Å². The van der Waals surface area contributed by atoms with Gasteiger partial charge in [0, 0.05) is 6.07 Å². The van der Waals surface area contributed by atoms with E-state index in [1.54, 1.807) is 0 Å². The van der Waals surface area contributed by atoms with Crippen LogP contribution in [-0.2, 0) is 11.0 Å². The lowest BCUT2D eigenvalue weighted by molar-refractivity contribution is 0.0666. The highest BCUT2D eigenvalue weighted by Crippen LogP contribution is 2.38. The monoisotopic (exact) mass is 392 g/mol.